The van der Waals surface area contributed by atoms with Crippen LogP contribution in [0.25, 0.3) is 0 Å². The van der Waals surface area contributed by atoms with Crippen LogP contribution in [0.2, 0.25) is 0 Å². The predicted molar refractivity (Wildman–Crippen MR) is 129 cm³/mol. The molecule has 0 bridgehead atoms. The number of rotatable bonds is 25. The van der Waals surface area contributed by atoms with E-state index in [1.165, 1.54) is 103 Å². The third kappa shape index (κ3) is 21.4. The van der Waals surface area contributed by atoms with Gasteiger partial charge in [-0.2, -0.15) is 0 Å². The molecule has 3 atom stereocenters. The highest BCUT2D eigenvalue weighted by molar-refractivity contribution is 4.64. The number of aliphatic hydroxyl groups is 3. The summed E-state index contributed by atoms with van der Waals surface area (Å²) in [4.78, 5) is 0. The molecule has 0 aliphatic carbocycles. The second-order valence-electron chi connectivity index (χ2n) is 9.20. The van der Waals surface area contributed by atoms with Crippen molar-refractivity contribution >= 4 is 0 Å². The van der Waals surface area contributed by atoms with Crippen LogP contribution in [0.5, 0.6) is 0 Å². The molecule has 0 aromatic carbocycles. The van der Waals surface area contributed by atoms with E-state index in [0.29, 0.717) is 12.5 Å². The molecule has 0 amide bonds. The van der Waals surface area contributed by atoms with Crippen LogP contribution < -0.4 is 0 Å². The number of ether oxygens (including phenoxy) is 2. The van der Waals surface area contributed by atoms with Crippen molar-refractivity contribution in [3.8, 4) is 0 Å². The molecule has 188 valence electrons. The van der Waals surface area contributed by atoms with Gasteiger partial charge in [-0.1, -0.05) is 104 Å². The number of hydrogen-bond acceptors (Lipinski definition) is 5. The van der Waals surface area contributed by atoms with Crippen LogP contribution in [-0.4, -0.2) is 60.6 Å². The average molecular weight is 447 g/mol. The highest BCUT2D eigenvalue weighted by Gasteiger charge is 2.15. The van der Waals surface area contributed by atoms with Gasteiger partial charge in [0.05, 0.1) is 26.4 Å². The lowest BCUT2D eigenvalue weighted by Gasteiger charge is -2.22. The minimum absolute atomic E-state index is 0.0653. The van der Waals surface area contributed by atoms with Gasteiger partial charge in [0.15, 0.2) is 0 Å². The quantitative estimate of drug-likeness (QED) is 0.158. The first-order chi connectivity index (χ1) is 15.2. The molecule has 0 spiro atoms. The summed E-state index contributed by atoms with van der Waals surface area (Å²) in [5.74, 6) is 0.545. The van der Waals surface area contributed by atoms with E-state index < -0.39 is 6.10 Å². The first-order valence-electron chi connectivity index (χ1n) is 13.3. The van der Waals surface area contributed by atoms with Gasteiger partial charge in [-0.3, -0.25) is 0 Å². The van der Waals surface area contributed by atoms with Crippen molar-refractivity contribution in [2.24, 2.45) is 5.92 Å². The van der Waals surface area contributed by atoms with Crippen molar-refractivity contribution in [3.05, 3.63) is 0 Å². The summed E-state index contributed by atoms with van der Waals surface area (Å²) >= 11 is 0. The average Bonchev–Trinajstić information content (AvgIpc) is 2.79. The van der Waals surface area contributed by atoms with Crippen molar-refractivity contribution in [2.45, 2.75) is 129 Å². The molecule has 0 saturated heterocycles. The second-order valence-corrected chi connectivity index (χ2v) is 9.20. The number of hydrogen-bond donors (Lipinski definition) is 3. The van der Waals surface area contributed by atoms with E-state index in [0.717, 1.165) is 0 Å². The molecular weight excluding hydrogens is 392 g/mol. The molecule has 0 aliphatic rings. The van der Waals surface area contributed by atoms with E-state index in [-0.39, 0.29) is 32.5 Å². The van der Waals surface area contributed by atoms with Gasteiger partial charge >= 0.3 is 0 Å². The van der Waals surface area contributed by atoms with Crippen LogP contribution in [0.3, 0.4) is 0 Å². The van der Waals surface area contributed by atoms with Gasteiger partial charge in [0, 0.05) is 6.61 Å². The Hall–Kier alpha value is -0.200. The van der Waals surface area contributed by atoms with E-state index in [9.17, 15) is 10.2 Å². The standard InChI is InChI=1S/C26H54O5/c1-3-5-7-9-11-12-14-16-18-24(17-15-13-10-8-6-4-2)21-31-26(20-28)23-30-22-25(29)19-27/h24-29H,3-23H2,1-2H3. The third-order valence-electron chi connectivity index (χ3n) is 6.03. The monoisotopic (exact) mass is 446 g/mol. The maximum absolute atomic E-state index is 9.58. The lowest BCUT2D eigenvalue weighted by molar-refractivity contribution is -0.0728. The predicted octanol–water partition coefficient (Wildman–Crippen LogP) is 5.63. The van der Waals surface area contributed by atoms with Gasteiger partial charge in [0.1, 0.15) is 12.2 Å². The van der Waals surface area contributed by atoms with Crippen molar-refractivity contribution < 1.29 is 24.8 Å². The maximum Gasteiger partial charge on any atom is 0.104 e. The Bertz CT molecular complexity index is 340. The highest BCUT2D eigenvalue weighted by Crippen LogP contribution is 2.20. The Morgan fingerprint density at radius 2 is 1.06 bits per heavy atom. The molecule has 3 unspecified atom stereocenters. The Labute approximate surface area is 192 Å². The summed E-state index contributed by atoms with van der Waals surface area (Å²) in [6, 6.07) is 0. The van der Waals surface area contributed by atoms with Crippen LogP contribution >= 0.6 is 0 Å². The summed E-state index contributed by atoms with van der Waals surface area (Å²) in [6.45, 7) is 5.09. The molecule has 0 aromatic heterocycles. The summed E-state index contributed by atoms with van der Waals surface area (Å²) in [5, 5.41) is 27.8. The Morgan fingerprint density at radius 3 is 1.52 bits per heavy atom. The van der Waals surface area contributed by atoms with Gasteiger partial charge in [0.2, 0.25) is 0 Å². The molecule has 5 heteroatoms. The molecule has 0 rings (SSSR count). The largest absolute Gasteiger partial charge is 0.394 e. The van der Waals surface area contributed by atoms with Crippen LogP contribution in [0.1, 0.15) is 117 Å². The molecule has 0 saturated carbocycles. The zero-order chi connectivity index (χ0) is 23.0. The molecule has 5 nitrogen and oxygen atoms in total. The minimum atomic E-state index is -0.873. The molecular formula is C26H54O5. The SMILES string of the molecule is CCCCCCCCCCC(CCCCCCCC)COC(CO)COCC(O)CO. The summed E-state index contributed by atoms with van der Waals surface area (Å²) in [5.41, 5.74) is 0. The summed E-state index contributed by atoms with van der Waals surface area (Å²) in [7, 11) is 0. The van der Waals surface area contributed by atoms with Crippen LogP contribution in [-0.2, 0) is 9.47 Å². The first kappa shape index (κ1) is 30.8. The van der Waals surface area contributed by atoms with E-state index >= 15 is 0 Å². The van der Waals surface area contributed by atoms with E-state index in [4.69, 9.17) is 14.6 Å². The first-order valence-corrected chi connectivity index (χ1v) is 13.3. The molecule has 0 fully saturated rings. The number of unbranched alkanes of at least 4 members (excludes halogenated alkanes) is 12. The molecule has 3 N–H and O–H groups in total. The zero-order valence-electron chi connectivity index (χ0n) is 20.7. The maximum atomic E-state index is 9.58. The van der Waals surface area contributed by atoms with Crippen molar-refractivity contribution in [3.63, 3.8) is 0 Å². The van der Waals surface area contributed by atoms with E-state index in [1.807, 2.05) is 0 Å². The second kappa shape index (κ2) is 24.4. The fraction of sp³-hybridized carbons (Fsp3) is 1.00. The van der Waals surface area contributed by atoms with Crippen LogP contribution in [0.15, 0.2) is 0 Å². The number of aliphatic hydroxyl groups excluding tert-OH is 3. The van der Waals surface area contributed by atoms with Crippen molar-refractivity contribution in [1.29, 1.82) is 0 Å². The molecule has 0 aliphatic heterocycles. The molecule has 0 heterocycles. The molecule has 0 radical (unpaired) electrons. The van der Waals surface area contributed by atoms with E-state index in [2.05, 4.69) is 13.8 Å². The van der Waals surface area contributed by atoms with Gasteiger partial charge in [-0.05, 0) is 18.8 Å². The minimum Gasteiger partial charge on any atom is -0.394 e. The lowest BCUT2D eigenvalue weighted by Crippen LogP contribution is -2.29. The molecule has 31 heavy (non-hydrogen) atoms. The summed E-state index contributed by atoms with van der Waals surface area (Å²) < 4.78 is 11.3. The fourth-order valence-electron chi connectivity index (χ4n) is 3.91. The zero-order valence-corrected chi connectivity index (χ0v) is 20.7. The highest BCUT2D eigenvalue weighted by atomic mass is 16.5. The Morgan fingerprint density at radius 1 is 0.581 bits per heavy atom. The van der Waals surface area contributed by atoms with Gasteiger partial charge in [0.25, 0.3) is 0 Å². The van der Waals surface area contributed by atoms with Gasteiger partial charge in [-0.15, -0.1) is 0 Å². The van der Waals surface area contributed by atoms with Crippen LogP contribution in [0.4, 0.5) is 0 Å². The van der Waals surface area contributed by atoms with E-state index in [1.54, 1.807) is 0 Å². The van der Waals surface area contributed by atoms with Crippen molar-refractivity contribution in [2.75, 3.05) is 33.0 Å². The third-order valence-corrected chi connectivity index (χ3v) is 6.03. The molecule has 0 aromatic rings. The Balaban J connectivity index is 4.16. The fourth-order valence-corrected chi connectivity index (χ4v) is 3.91. The van der Waals surface area contributed by atoms with Gasteiger partial charge in [-0.25, -0.2) is 0 Å². The van der Waals surface area contributed by atoms with Gasteiger partial charge < -0.3 is 24.8 Å². The lowest BCUT2D eigenvalue weighted by atomic mass is 9.94. The van der Waals surface area contributed by atoms with Crippen molar-refractivity contribution in [1.82, 2.24) is 0 Å². The normalized spacial score (nSPS) is 14.6. The smallest absolute Gasteiger partial charge is 0.104 e. The Kier molecular flexibility index (Phi) is 24.3. The van der Waals surface area contributed by atoms with Crippen LogP contribution in [0, 0.1) is 5.92 Å². The topological polar surface area (TPSA) is 79.2 Å². The summed E-state index contributed by atoms with van der Waals surface area (Å²) in [6.07, 6.45) is 19.7.